The number of nitrogens with zero attached hydrogens (tertiary/aromatic N) is 1. The van der Waals surface area contributed by atoms with Gasteiger partial charge in [-0.2, -0.15) is 0 Å². The summed E-state index contributed by atoms with van der Waals surface area (Å²) >= 11 is 0. The van der Waals surface area contributed by atoms with Crippen LogP contribution in [-0.4, -0.2) is 24.7 Å². The third kappa shape index (κ3) is 2.16. The van der Waals surface area contributed by atoms with Gasteiger partial charge in [-0.25, -0.2) is 0 Å². The zero-order chi connectivity index (χ0) is 11.7. The number of fused-ring (bicyclic) bond motifs is 1. The Hall–Kier alpha value is -1.45. The Morgan fingerprint density at radius 2 is 2.24 bits per heavy atom. The van der Waals surface area contributed by atoms with Crippen LogP contribution in [-0.2, 0) is 4.74 Å². The molecule has 0 spiro atoms. The van der Waals surface area contributed by atoms with E-state index in [9.17, 15) is 0 Å². The molecule has 2 aromatic rings. The second-order valence-electron chi connectivity index (χ2n) is 4.50. The lowest BCUT2D eigenvalue weighted by Crippen LogP contribution is -2.33. The minimum Gasteiger partial charge on any atom is -0.371 e. The molecule has 17 heavy (non-hydrogen) atoms. The zero-order valence-electron chi connectivity index (χ0n) is 9.94. The summed E-state index contributed by atoms with van der Waals surface area (Å²) < 4.78 is 5.75. The Balaban J connectivity index is 1.98. The summed E-state index contributed by atoms with van der Waals surface area (Å²) in [6, 6.07) is 8.59. The number of pyridine rings is 1. The van der Waals surface area contributed by atoms with Gasteiger partial charge in [0, 0.05) is 30.4 Å². The van der Waals surface area contributed by atoms with Crippen LogP contribution in [0.1, 0.15) is 17.4 Å². The molecule has 0 bridgehead atoms. The molecule has 1 aliphatic rings. The van der Waals surface area contributed by atoms with Crippen LogP contribution in [0.2, 0.25) is 0 Å². The van der Waals surface area contributed by atoms with Crippen molar-refractivity contribution in [2.75, 3.05) is 19.7 Å². The van der Waals surface area contributed by atoms with Crippen LogP contribution in [0, 0.1) is 6.92 Å². The monoisotopic (exact) mass is 228 g/mol. The van der Waals surface area contributed by atoms with Gasteiger partial charge in [0.25, 0.3) is 0 Å². The highest BCUT2D eigenvalue weighted by atomic mass is 16.5. The predicted octanol–water partition coefficient (Wildman–Crippen LogP) is 2.20. The first-order valence-electron chi connectivity index (χ1n) is 6.01. The Kier molecular flexibility index (Phi) is 2.79. The minimum absolute atomic E-state index is 0.175. The van der Waals surface area contributed by atoms with Gasteiger partial charge in [0.1, 0.15) is 0 Å². The summed E-state index contributed by atoms with van der Waals surface area (Å²) in [4.78, 5) is 4.34. The molecule has 1 aliphatic heterocycles. The largest absolute Gasteiger partial charge is 0.371 e. The molecular weight excluding hydrogens is 212 g/mol. The normalized spacial score (nSPS) is 20.6. The molecule has 1 aromatic heterocycles. The fourth-order valence-electron chi connectivity index (χ4n) is 2.25. The van der Waals surface area contributed by atoms with Crippen LogP contribution < -0.4 is 5.32 Å². The number of morpholine rings is 1. The van der Waals surface area contributed by atoms with E-state index in [4.69, 9.17) is 4.74 Å². The van der Waals surface area contributed by atoms with Gasteiger partial charge in [-0.1, -0.05) is 12.1 Å². The van der Waals surface area contributed by atoms with E-state index >= 15 is 0 Å². The fourth-order valence-corrected chi connectivity index (χ4v) is 2.25. The van der Waals surface area contributed by atoms with Gasteiger partial charge in [-0.05, 0) is 30.0 Å². The summed E-state index contributed by atoms with van der Waals surface area (Å²) in [6.45, 7) is 4.64. The van der Waals surface area contributed by atoms with Crippen molar-refractivity contribution in [1.29, 1.82) is 0 Å². The summed E-state index contributed by atoms with van der Waals surface area (Å²) in [5.41, 5.74) is 2.29. The first-order valence-corrected chi connectivity index (χ1v) is 6.01. The number of benzene rings is 1. The molecule has 0 aliphatic carbocycles. The standard InChI is InChI=1S/C14H16N2O/c1-10-6-11-2-3-12(7-13(11)8-16-10)14-9-15-4-5-17-14/h2-3,6-8,14-15H,4-5,9H2,1H3. The predicted molar refractivity (Wildman–Crippen MR) is 68.0 cm³/mol. The lowest BCUT2D eigenvalue weighted by Gasteiger charge is -2.24. The maximum Gasteiger partial charge on any atom is 0.0950 e. The van der Waals surface area contributed by atoms with Gasteiger partial charge in [-0.15, -0.1) is 0 Å². The highest BCUT2D eigenvalue weighted by Gasteiger charge is 2.15. The summed E-state index contributed by atoms with van der Waals surface area (Å²) in [5, 5.41) is 5.77. The second kappa shape index (κ2) is 4.43. The maximum atomic E-state index is 5.75. The van der Waals surface area contributed by atoms with Crippen molar-refractivity contribution >= 4 is 10.8 Å². The SMILES string of the molecule is Cc1cc2ccc(C3CNCCO3)cc2cn1. The van der Waals surface area contributed by atoms with Gasteiger partial charge in [-0.3, -0.25) is 4.98 Å². The Morgan fingerprint density at radius 1 is 1.29 bits per heavy atom. The van der Waals surface area contributed by atoms with Crippen LogP contribution in [0.15, 0.2) is 30.5 Å². The third-order valence-electron chi connectivity index (χ3n) is 3.18. The number of rotatable bonds is 1. The molecule has 1 fully saturated rings. The number of ether oxygens (including phenoxy) is 1. The smallest absolute Gasteiger partial charge is 0.0950 e. The lowest BCUT2D eigenvalue weighted by molar-refractivity contribution is 0.0278. The van der Waals surface area contributed by atoms with E-state index in [1.165, 1.54) is 16.3 Å². The third-order valence-corrected chi connectivity index (χ3v) is 3.18. The quantitative estimate of drug-likeness (QED) is 0.812. The van der Waals surface area contributed by atoms with Crippen molar-refractivity contribution in [1.82, 2.24) is 10.3 Å². The summed E-state index contributed by atoms with van der Waals surface area (Å²) in [6.07, 6.45) is 2.11. The van der Waals surface area contributed by atoms with Gasteiger partial charge in [0.15, 0.2) is 0 Å². The number of nitrogens with one attached hydrogen (secondary N) is 1. The van der Waals surface area contributed by atoms with Crippen LogP contribution in [0.25, 0.3) is 10.8 Å². The van der Waals surface area contributed by atoms with E-state index in [1.807, 2.05) is 13.1 Å². The molecule has 0 amide bonds. The van der Waals surface area contributed by atoms with Crippen molar-refractivity contribution in [2.24, 2.45) is 0 Å². The average molecular weight is 228 g/mol. The van der Waals surface area contributed by atoms with Gasteiger partial charge < -0.3 is 10.1 Å². The molecule has 1 saturated heterocycles. The second-order valence-corrected chi connectivity index (χ2v) is 4.50. The van der Waals surface area contributed by atoms with Crippen molar-refractivity contribution in [3.8, 4) is 0 Å². The van der Waals surface area contributed by atoms with Crippen molar-refractivity contribution < 1.29 is 4.74 Å². The maximum absolute atomic E-state index is 5.75. The zero-order valence-corrected chi connectivity index (χ0v) is 9.94. The van der Waals surface area contributed by atoms with E-state index in [-0.39, 0.29) is 6.10 Å². The molecule has 0 radical (unpaired) electrons. The first kappa shape index (κ1) is 10.7. The Labute approximate surface area is 101 Å². The van der Waals surface area contributed by atoms with E-state index in [1.54, 1.807) is 0 Å². The van der Waals surface area contributed by atoms with Crippen LogP contribution in [0.3, 0.4) is 0 Å². The van der Waals surface area contributed by atoms with Crippen LogP contribution in [0.5, 0.6) is 0 Å². The molecule has 3 nitrogen and oxygen atoms in total. The molecule has 1 N–H and O–H groups in total. The van der Waals surface area contributed by atoms with E-state index < -0.39 is 0 Å². The Morgan fingerprint density at radius 3 is 3.06 bits per heavy atom. The average Bonchev–Trinajstić information content (AvgIpc) is 2.39. The molecular formula is C14H16N2O. The molecule has 0 saturated carbocycles. The molecule has 3 heteroatoms. The number of aromatic nitrogens is 1. The minimum atomic E-state index is 0.175. The number of hydrogen-bond acceptors (Lipinski definition) is 3. The van der Waals surface area contributed by atoms with Crippen molar-refractivity contribution in [2.45, 2.75) is 13.0 Å². The van der Waals surface area contributed by atoms with E-state index in [2.05, 4.69) is 34.6 Å². The van der Waals surface area contributed by atoms with Gasteiger partial charge in [0.2, 0.25) is 0 Å². The van der Waals surface area contributed by atoms with Crippen LogP contribution in [0.4, 0.5) is 0 Å². The lowest BCUT2D eigenvalue weighted by atomic mass is 10.0. The van der Waals surface area contributed by atoms with Gasteiger partial charge >= 0.3 is 0 Å². The van der Waals surface area contributed by atoms with Crippen molar-refractivity contribution in [3.63, 3.8) is 0 Å². The topological polar surface area (TPSA) is 34.1 Å². The van der Waals surface area contributed by atoms with E-state index in [0.717, 1.165) is 25.4 Å². The molecule has 2 heterocycles. The van der Waals surface area contributed by atoms with Gasteiger partial charge in [0.05, 0.1) is 12.7 Å². The van der Waals surface area contributed by atoms with Crippen LogP contribution >= 0.6 is 0 Å². The molecule has 88 valence electrons. The Bertz CT molecular complexity index is 533. The number of aryl methyl sites for hydroxylation is 1. The highest BCUT2D eigenvalue weighted by Crippen LogP contribution is 2.23. The summed E-state index contributed by atoms with van der Waals surface area (Å²) in [7, 11) is 0. The molecule has 3 rings (SSSR count). The molecule has 1 aromatic carbocycles. The highest BCUT2D eigenvalue weighted by molar-refractivity contribution is 5.82. The number of hydrogen-bond donors (Lipinski definition) is 1. The molecule has 1 atom stereocenters. The first-order chi connectivity index (χ1) is 8.33. The fraction of sp³-hybridized carbons (Fsp3) is 0.357. The summed E-state index contributed by atoms with van der Waals surface area (Å²) in [5.74, 6) is 0. The van der Waals surface area contributed by atoms with Crippen molar-refractivity contribution in [3.05, 3.63) is 41.7 Å². The van der Waals surface area contributed by atoms with E-state index in [0.29, 0.717) is 0 Å². The molecule has 1 unspecified atom stereocenters.